The highest BCUT2D eigenvalue weighted by Crippen LogP contribution is 2.21. The van der Waals surface area contributed by atoms with Crippen LogP contribution in [0.2, 0.25) is 5.02 Å². The van der Waals surface area contributed by atoms with Gasteiger partial charge in [-0.1, -0.05) is 17.7 Å². The molecule has 17 heavy (non-hydrogen) atoms. The molecule has 92 valence electrons. The van der Waals surface area contributed by atoms with Crippen molar-refractivity contribution >= 4 is 17.5 Å². The summed E-state index contributed by atoms with van der Waals surface area (Å²) < 4.78 is 13.6. The van der Waals surface area contributed by atoms with E-state index in [0.717, 1.165) is 13.1 Å². The van der Waals surface area contributed by atoms with E-state index in [-0.39, 0.29) is 16.5 Å². The van der Waals surface area contributed by atoms with Crippen LogP contribution in [0, 0.1) is 5.82 Å². The number of benzene rings is 1. The maximum Gasteiger partial charge on any atom is 0.258 e. The number of hydrogen-bond donors (Lipinski definition) is 0. The number of rotatable bonds is 1. The number of piperazine rings is 1. The van der Waals surface area contributed by atoms with Gasteiger partial charge in [0.25, 0.3) is 5.91 Å². The summed E-state index contributed by atoms with van der Waals surface area (Å²) in [6.45, 7) is 2.83. The Kier molecular flexibility index (Phi) is 3.64. The molecule has 0 atom stereocenters. The molecule has 1 aliphatic rings. The summed E-state index contributed by atoms with van der Waals surface area (Å²) in [5.41, 5.74) is -0.0151. The van der Waals surface area contributed by atoms with Gasteiger partial charge in [0.1, 0.15) is 5.82 Å². The third kappa shape index (κ3) is 2.58. The van der Waals surface area contributed by atoms with Crippen LogP contribution in [-0.4, -0.2) is 48.9 Å². The first-order chi connectivity index (χ1) is 8.09. The fourth-order valence-corrected chi connectivity index (χ4v) is 2.11. The van der Waals surface area contributed by atoms with E-state index in [0.29, 0.717) is 13.1 Å². The zero-order chi connectivity index (χ0) is 12.4. The SMILES string of the molecule is CN1CCN(C(=O)c2c(F)cccc2Cl)CC1. The predicted molar refractivity (Wildman–Crippen MR) is 64.8 cm³/mol. The summed E-state index contributed by atoms with van der Waals surface area (Å²) >= 11 is 5.87. The zero-order valence-electron chi connectivity index (χ0n) is 9.62. The summed E-state index contributed by atoms with van der Waals surface area (Å²) in [5.74, 6) is -0.873. The van der Waals surface area contributed by atoms with Crippen LogP contribution in [0.4, 0.5) is 4.39 Å². The molecule has 0 N–H and O–H groups in total. The van der Waals surface area contributed by atoms with Crippen LogP contribution in [0.15, 0.2) is 18.2 Å². The summed E-state index contributed by atoms with van der Waals surface area (Å²) in [6.07, 6.45) is 0. The standard InChI is InChI=1S/C12H14ClFN2O/c1-15-5-7-16(8-6-15)12(17)11-9(13)3-2-4-10(11)14/h2-4H,5-8H2,1H3. The number of carbonyl (C=O) groups excluding carboxylic acids is 1. The van der Waals surface area contributed by atoms with Crippen LogP contribution in [0.25, 0.3) is 0 Å². The first kappa shape index (κ1) is 12.3. The van der Waals surface area contributed by atoms with Crippen LogP contribution in [0.1, 0.15) is 10.4 Å². The molecule has 1 aromatic rings. The van der Waals surface area contributed by atoms with Crippen molar-refractivity contribution in [1.82, 2.24) is 9.80 Å². The summed E-state index contributed by atoms with van der Waals surface area (Å²) in [5, 5.41) is 0.175. The van der Waals surface area contributed by atoms with Crippen molar-refractivity contribution in [3.8, 4) is 0 Å². The lowest BCUT2D eigenvalue weighted by molar-refractivity contribution is 0.0659. The largest absolute Gasteiger partial charge is 0.336 e. The third-order valence-corrected chi connectivity index (χ3v) is 3.28. The Balaban J connectivity index is 2.20. The number of carbonyl (C=O) groups is 1. The van der Waals surface area contributed by atoms with E-state index < -0.39 is 5.82 Å². The van der Waals surface area contributed by atoms with Crippen molar-refractivity contribution in [2.45, 2.75) is 0 Å². The molecule has 1 aliphatic heterocycles. The topological polar surface area (TPSA) is 23.6 Å². The quantitative estimate of drug-likeness (QED) is 0.766. The molecule has 0 bridgehead atoms. The van der Waals surface area contributed by atoms with Gasteiger partial charge >= 0.3 is 0 Å². The molecule has 1 fully saturated rings. The van der Waals surface area contributed by atoms with E-state index in [1.807, 2.05) is 7.05 Å². The Morgan fingerprint density at radius 1 is 1.29 bits per heavy atom. The first-order valence-corrected chi connectivity index (χ1v) is 5.89. The molecule has 5 heteroatoms. The smallest absolute Gasteiger partial charge is 0.258 e. The highest BCUT2D eigenvalue weighted by atomic mass is 35.5. The molecule has 1 aromatic carbocycles. The van der Waals surface area contributed by atoms with Gasteiger partial charge < -0.3 is 9.80 Å². The Hall–Kier alpha value is -1.13. The van der Waals surface area contributed by atoms with Gasteiger partial charge in [0, 0.05) is 26.2 Å². The number of halogens is 2. The van der Waals surface area contributed by atoms with Crippen LogP contribution < -0.4 is 0 Å². The van der Waals surface area contributed by atoms with Gasteiger partial charge in [-0.15, -0.1) is 0 Å². The van der Waals surface area contributed by atoms with Gasteiger partial charge in [-0.25, -0.2) is 4.39 Å². The molecule has 3 nitrogen and oxygen atoms in total. The number of likely N-dealkylation sites (N-methyl/N-ethyl adjacent to an activating group) is 1. The average molecular weight is 257 g/mol. The van der Waals surface area contributed by atoms with Crippen molar-refractivity contribution in [2.24, 2.45) is 0 Å². The molecular formula is C12H14ClFN2O. The fraction of sp³-hybridized carbons (Fsp3) is 0.417. The van der Waals surface area contributed by atoms with Gasteiger partial charge in [-0.2, -0.15) is 0 Å². The molecule has 0 aliphatic carbocycles. The summed E-state index contributed by atoms with van der Waals surface area (Å²) in [6, 6.07) is 4.29. The Morgan fingerprint density at radius 2 is 1.94 bits per heavy atom. The van der Waals surface area contributed by atoms with Crippen LogP contribution in [-0.2, 0) is 0 Å². The maximum absolute atomic E-state index is 13.6. The van der Waals surface area contributed by atoms with Crippen molar-refractivity contribution in [3.05, 3.63) is 34.6 Å². The first-order valence-electron chi connectivity index (χ1n) is 5.51. The van der Waals surface area contributed by atoms with Gasteiger partial charge in [0.05, 0.1) is 10.6 Å². The van der Waals surface area contributed by atoms with Crippen LogP contribution in [0.3, 0.4) is 0 Å². The Bertz CT molecular complexity index is 410. The van der Waals surface area contributed by atoms with E-state index in [9.17, 15) is 9.18 Å². The van der Waals surface area contributed by atoms with Crippen molar-refractivity contribution < 1.29 is 9.18 Å². The van der Waals surface area contributed by atoms with Gasteiger partial charge in [-0.3, -0.25) is 4.79 Å². The Morgan fingerprint density at radius 3 is 2.53 bits per heavy atom. The van der Waals surface area contributed by atoms with Gasteiger partial charge in [-0.05, 0) is 19.2 Å². The lowest BCUT2D eigenvalue weighted by atomic mass is 10.1. The number of nitrogens with zero attached hydrogens (tertiary/aromatic N) is 2. The number of amides is 1. The van der Waals surface area contributed by atoms with Gasteiger partial charge in [0.15, 0.2) is 0 Å². The van der Waals surface area contributed by atoms with E-state index >= 15 is 0 Å². The highest BCUT2D eigenvalue weighted by Gasteiger charge is 2.24. The summed E-state index contributed by atoms with van der Waals surface area (Å²) in [7, 11) is 2.00. The molecule has 0 saturated carbocycles. The van der Waals surface area contributed by atoms with Crippen molar-refractivity contribution in [1.29, 1.82) is 0 Å². The normalized spacial score (nSPS) is 17.2. The minimum atomic E-state index is -0.554. The van der Waals surface area contributed by atoms with Crippen molar-refractivity contribution in [3.63, 3.8) is 0 Å². The predicted octanol–water partition coefficient (Wildman–Crippen LogP) is 1.87. The van der Waals surface area contributed by atoms with Crippen LogP contribution in [0.5, 0.6) is 0 Å². The summed E-state index contributed by atoms with van der Waals surface area (Å²) in [4.78, 5) is 15.9. The zero-order valence-corrected chi connectivity index (χ0v) is 10.4. The molecule has 0 radical (unpaired) electrons. The third-order valence-electron chi connectivity index (χ3n) is 2.97. The van der Waals surface area contributed by atoms with E-state index in [4.69, 9.17) is 11.6 Å². The van der Waals surface area contributed by atoms with Crippen LogP contribution >= 0.6 is 11.6 Å². The Labute approximate surface area is 105 Å². The van der Waals surface area contributed by atoms with E-state index in [2.05, 4.69) is 4.90 Å². The minimum Gasteiger partial charge on any atom is -0.336 e. The maximum atomic E-state index is 13.6. The molecule has 2 rings (SSSR count). The molecule has 0 spiro atoms. The fourth-order valence-electron chi connectivity index (χ4n) is 1.87. The average Bonchev–Trinajstić information content (AvgIpc) is 2.29. The monoisotopic (exact) mass is 256 g/mol. The molecule has 1 saturated heterocycles. The lowest BCUT2D eigenvalue weighted by Crippen LogP contribution is -2.47. The lowest BCUT2D eigenvalue weighted by Gasteiger charge is -2.32. The van der Waals surface area contributed by atoms with E-state index in [1.165, 1.54) is 18.2 Å². The molecular weight excluding hydrogens is 243 g/mol. The number of hydrogen-bond acceptors (Lipinski definition) is 2. The van der Waals surface area contributed by atoms with E-state index in [1.54, 1.807) is 4.90 Å². The second-order valence-electron chi connectivity index (χ2n) is 4.19. The second-order valence-corrected chi connectivity index (χ2v) is 4.60. The van der Waals surface area contributed by atoms with Gasteiger partial charge in [0.2, 0.25) is 0 Å². The second kappa shape index (κ2) is 5.02. The minimum absolute atomic E-state index is 0.0151. The molecule has 1 heterocycles. The molecule has 1 amide bonds. The van der Waals surface area contributed by atoms with Crippen molar-refractivity contribution in [2.75, 3.05) is 33.2 Å². The molecule has 0 unspecified atom stereocenters. The highest BCUT2D eigenvalue weighted by molar-refractivity contribution is 6.33. The molecule has 0 aromatic heterocycles.